The van der Waals surface area contributed by atoms with Crippen LogP contribution in [0.2, 0.25) is 0 Å². The highest BCUT2D eigenvalue weighted by atomic mass is 19.1. The first-order chi connectivity index (χ1) is 6.83. The van der Waals surface area contributed by atoms with Crippen LogP contribution in [0.5, 0.6) is 0 Å². The van der Waals surface area contributed by atoms with E-state index in [1.807, 2.05) is 41.5 Å². The molecule has 2 N–H and O–H groups in total. The van der Waals surface area contributed by atoms with Crippen molar-refractivity contribution in [3.05, 3.63) is 0 Å². The minimum atomic E-state index is -0.370. The van der Waals surface area contributed by atoms with Gasteiger partial charge in [-0.1, -0.05) is 41.5 Å². The zero-order chi connectivity index (χ0) is 12.5. The molecule has 0 aromatic heterocycles. The molecule has 0 amide bonds. The molecular weight excluding hydrogens is 193 g/mol. The molecule has 94 valence electrons. The van der Waals surface area contributed by atoms with Crippen LogP contribution < -0.4 is 5.73 Å². The predicted octanol–water partition coefficient (Wildman–Crippen LogP) is 3.01. The van der Waals surface area contributed by atoms with E-state index in [-0.39, 0.29) is 17.5 Å². The Balaban J connectivity index is 0. The molecule has 15 heavy (non-hydrogen) atoms. The van der Waals surface area contributed by atoms with Crippen LogP contribution in [-0.2, 0) is 4.74 Å². The fourth-order valence-electron chi connectivity index (χ4n) is 0.701. The van der Waals surface area contributed by atoms with Crippen LogP contribution in [-0.4, -0.2) is 26.4 Å². The zero-order valence-electron chi connectivity index (χ0n) is 11.2. The van der Waals surface area contributed by atoms with E-state index in [1.54, 1.807) is 0 Å². The van der Waals surface area contributed by atoms with Crippen LogP contribution in [0.15, 0.2) is 0 Å². The van der Waals surface area contributed by atoms with Crippen molar-refractivity contribution < 1.29 is 9.13 Å². The Labute approximate surface area is 94.4 Å². The number of hydrogen-bond acceptors (Lipinski definition) is 2. The second-order valence-corrected chi connectivity index (χ2v) is 5.16. The second-order valence-electron chi connectivity index (χ2n) is 5.16. The van der Waals surface area contributed by atoms with E-state index in [0.717, 1.165) is 0 Å². The molecule has 0 aromatic rings. The molecule has 0 fully saturated rings. The van der Waals surface area contributed by atoms with Gasteiger partial charge in [0.25, 0.3) is 0 Å². The van der Waals surface area contributed by atoms with Gasteiger partial charge in [0.15, 0.2) is 0 Å². The van der Waals surface area contributed by atoms with Crippen LogP contribution >= 0.6 is 0 Å². The summed E-state index contributed by atoms with van der Waals surface area (Å²) in [6.07, 6.45) is 0. The molecule has 0 rings (SSSR count). The summed E-state index contributed by atoms with van der Waals surface area (Å²) >= 11 is 0. The van der Waals surface area contributed by atoms with Gasteiger partial charge in [0.2, 0.25) is 0 Å². The van der Waals surface area contributed by atoms with Crippen molar-refractivity contribution in [3.8, 4) is 0 Å². The fourth-order valence-corrected chi connectivity index (χ4v) is 0.701. The molecule has 0 radical (unpaired) electrons. The first kappa shape index (κ1) is 17.3. The summed E-state index contributed by atoms with van der Waals surface area (Å²) in [7, 11) is 0. The minimum Gasteiger partial charge on any atom is -0.380 e. The van der Waals surface area contributed by atoms with Gasteiger partial charge in [0.05, 0.1) is 19.9 Å². The lowest BCUT2D eigenvalue weighted by Gasteiger charge is -2.26. The van der Waals surface area contributed by atoms with Crippen molar-refractivity contribution in [2.45, 2.75) is 41.5 Å². The van der Waals surface area contributed by atoms with Crippen molar-refractivity contribution >= 4 is 0 Å². The number of alkyl halides is 1. The topological polar surface area (TPSA) is 35.2 Å². The molecule has 0 aliphatic rings. The predicted molar refractivity (Wildman–Crippen MR) is 64.8 cm³/mol. The SMILES string of the molecule is CC.CC(C)(CN)COCC(C)(C)CF. The Hall–Kier alpha value is -0.150. The number of halogens is 1. The number of ether oxygens (including phenoxy) is 1. The molecule has 0 saturated heterocycles. The van der Waals surface area contributed by atoms with Gasteiger partial charge in [0.1, 0.15) is 0 Å². The van der Waals surface area contributed by atoms with Gasteiger partial charge in [-0.3, -0.25) is 4.39 Å². The first-order valence-electron chi connectivity index (χ1n) is 5.67. The van der Waals surface area contributed by atoms with Gasteiger partial charge in [-0.2, -0.15) is 0 Å². The fraction of sp³-hybridized carbons (Fsp3) is 1.00. The van der Waals surface area contributed by atoms with Gasteiger partial charge in [-0.25, -0.2) is 0 Å². The van der Waals surface area contributed by atoms with Gasteiger partial charge in [0, 0.05) is 10.8 Å². The van der Waals surface area contributed by atoms with Crippen molar-refractivity contribution in [1.29, 1.82) is 0 Å². The Bertz CT molecular complexity index is 131. The molecule has 3 heteroatoms. The summed E-state index contributed by atoms with van der Waals surface area (Å²) in [6, 6.07) is 0. The maximum Gasteiger partial charge on any atom is 0.0967 e. The van der Waals surface area contributed by atoms with E-state index < -0.39 is 0 Å². The second kappa shape index (κ2) is 8.05. The largest absolute Gasteiger partial charge is 0.380 e. The van der Waals surface area contributed by atoms with Crippen molar-refractivity contribution in [2.75, 3.05) is 26.4 Å². The Kier molecular flexibility index (Phi) is 9.26. The highest BCUT2D eigenvalue weighted by molar-refractivity contribution is 4.70. The smallest absolute Gasteiger partial charge is 0.0967 e. The average Bonchev–Trinajstić information content (AvgIpc) is 2.20. The highest BCUT2D eigenvalue weighted by Gasteiger charge is 2.21. The van der Waals surface area contributed by atoms with Crippen LogP contribution in [0, 0.1) is 10.8 Å². The number of nitrogens with two attached hydrogens (primary N) is 1. The molecule has 2 nitrogen and oxygen atoms in total. The molecule has 0 spiro atoms. The summed E-state index contributed by atoms with van der Waals surface area (Å²) in [5, 5.41) is 0. The van der Waals surface area contributed by atoms with E-state index in [9.17, 15) is 4.39 Å². The van der Waals surface area contributed by atoms with E-state index >= 15 is 0 Å². The van der Waals surface area contributed by atoms with Crippen molar-refractivity contribution in [2.24, 2.45) is 16.6 Å². The lowest BCUT2D eigenvalue weighted by molar-refractivity contribution is 0.00963. The molecule has 0 aliphatic carbocycles. The number of rotatable bonds is 6. The third kappa shape index (κ3) is 10.1. The van der Waals surface area contributed by atoms with Crippen LogP contribution in [0.25, 0.3) is 0 Å². The average molecular weight is 221 g/mol. The van der Waals surface area contributed by atoms with E-state index in [4.69, 9.17) is 10.5 Å². The van der Waals surface area contributed by atoms with Crippen LogP contribution in [0.4, 0.5) is 4.39 Å². The quantitative estimate of drug-likeness (QED) is 0.748. The van der Waals surface area contributed by atoms with Gasteiger partial charge >= 0.3 is 0 Å². The summed E-state index contributed by atoms with van der Waals surface area (Å²) in [6.45, 7) is 13.1. The molecule has 0 saturated carbocycles. The van der Waals surface area contributed by atoms with E-state index in [1.165, 1.54) is 0 Å². The van der Waals surface area contributed by atoms with E-state index in [2.05, 4.69) is 0 Å². The lowest BCUT2D eigenvalue weighted by atomic mass is 9.94. The van der Waals surface area contributed by atoms with Gasteiger partial charge < -0.3 is 10.5 Å². The molecule has 0 aromatic carbocycles. The standard InChI is InChI=1S/C10H22FNO.C2H6/c1-9(2,5-11)7-13-8-10(3,4)6-12;1-2/h5-8,12H2,1-4H3;1-2H3. The minimum absolute atomic E-state index is 0.00755. The summed E-state index contributed by atoms with van der Waals surface area (Å²) in [5.74, 6) is 0. The summed E-state index contributed by atoms with van der Waals surface area (Å²) < 4.78 is 17.8. The van der Waals surface area contributed by atoms with Crippen molar-refractivity contribution in [3.63, 3.8) is 0 Å². The molecular formula is C12H28FNO. The Morgan fingerprint density at radius 3 is 1.73 bits per heavy atom. The number of hydrogen-bond donors (Lipinski definition) is 1. The van der Waals surface area contributed by atoms with Crippen LogP contribution in [0.3, 0.4) is 0 Å². The van der Waals surface area contributed by atoms with Gasteiger partial charge in [-0.15, -0.1) is 0 Å². The van der Waals surface area contributed by atoms with Gasteiger partial charge in [-0.05, 0) is 6.54 Å². The summed E-state index contributed by atoms with van der Waals surface area (Å²) in [4.78, 5) is 0. The molecule has 0 heterocycles. The molecule has 0 aliphatic heterocycles. The normalized spacial score (nSPS) is 12.0. The first-order valence-corrected chi connectivity index (χ1v) is 5.67. The maximum atomic E-state index is 12.4. The molecule has 0 unspecified atom stereocenters. The molecule has 0 atom stereocenters. The molecule has 0 bridgehead atoms. The Morgan fingerprint density at radius 2 is 1.40 bits per heavy atom. The monoisotopic (exact) mass is 221 g/mol. The summed E-state index contributed by atoms with van der Waals surface area (Å²) in [5.41, 5.74) is 5.16. The maximum absolute atomic E-state index is 12.4. The van der Waals surface area contributed by atoms with Crippen LogP contribution in [0.1, 0.15) is 41.5 Å². The van der Waals surface area contributed by atoms with Crippen molar-refractivity contribution in [1.82, 2.24) is 0 Å². The Morgan fingerprint density at radius 1 is 1.00 bits per heavy atom. The third-order valence-corrected chi connectivity index (χ3v) is 1.90. The third-order valence-electron chi connectivity index (χ3n) is 1.90. The van der Waals surface area contributed by atoms with E-state index in [0.29, 0.717) is 19.8 Å². The lowest BCUT2D eigenvalue weighted by Crippen LogP contribution is -2.31. The highest BCUT2D eigenvalue weighted by Crippen LogP contribution is 2.19. The zero-order valence-corrected chi connectivity index (χ0v) is 11.2.